The topological polar surface area (TPSA) is 101 Å². The molecule has 0 saturated carbocycles. The fourth-order valence-corrected chi connectivity index (χ4v) is 10.7. The van der Waals surface area contributed by atoms with Gasteiger partial charge in [-0.3, -0.25) is 0 Å². The summed E-state index contributed by atoms with van der Waals surface area (Å²) < 4.78 is 76.2. The minimum atomic E-state index is -5.00. The molecular formula is C50H31O6S2-. The summed E-state index contributed by atoms with van der Waals surface area (Å²) in [6.45, 7) is 0. The van der Waals surface area contributed by atoms with Crippen molar-refractivity contribution in [1.29, 1.82) is 0 Å². The molecule has 0 amide bonds. The van der Waals surface area contributed by atoms with Gasteiger partial charge in [0, 0.05) is 32.7 Å². The molecule has 0 bridgehead atoms. The molecule has 0 spiro atoms. The molecule has 0 fully saturated rings. The van der Waals surface area contributed by atoms with E-state index in [1.807, 2.05) is 121 Å². The Balaban J connectivity index is 1.35. The summed E-state index contributed by atoms with van der Waals surface area (Å²) in [4.78, 5) is -0.492. The lowest BCUT2D eigenvalue weighted by atomic mass is 9.88. The van der Waals surface area contributed by atoms with Gasteiger partial charge in [-0.2, -0.15) is 8.42 Å². The van der Waals surface area contributed by atoms with Gasteiger partial charge < -0.3 is 8.74 Å². The molecular weight excluding hydrogens is 761 g/mol. The summed E-state index contributed by atoms with van der Waals surface area (Å²) >= 11 is 0. The van der Waals surface area contributed by atoms with Crippen molar-refractivity contribution in [2.24, 2.45) is 0 Å². The summed E-state index contributed by atoms with van der Waals surface area (Å²) in [5.74, 6) is -0.0792. The Hall–Kier alpha value is -6.84. The van der Waals surface area contributed by atoms with Crippen molar-refractivity contribution in [1.82, 2.24) is 0 Å². The standard InChI is InChI=1S/C50H32O6S2/c51-57(52,53)49-44-25-9-7-23-42(44)48(43-24-8-10-26-45(43)49)56-58(54,55)50-46(40-28-12-18-33-15-2-5-21-37(33)40)30-35(39-27-11-17-32-14-1-4-20-36(32)39)31-47(50)41-29-13-19-34-16-3-6-22-38(34)41/h1-31H,(H,51,52,53)/p-1. The first-order chi connectivity index (χ1) is 28.2. The minimum Gasteiger partial charge on any atom is -0.744 e. The number of hydrogen-bond acceptors (Lipinski definition) is 6. The second-order valence-corrected chi connectivity index (χ2v) is 17.0. The first kappa shape index (κ1) is 35.6. The summed E-state index contributed by atoms with van der Waals surface area (Å²) in [6, 6.07) is 58.1. The second kappa shape index (κ2) is 13.7. The van der Waals surface area contributed by atoms with E-state index in [2.05, 4.69) is 18.2 Å². The van der Waals surface area contributed by atoms with E-state index in [1.165, 1.54) is 12.1 Å². The molecule has 0 aliphatic rings. The van der Waals surface area contributed by atoms with Crippen molar-refractivity contribution < 1.29 is 25.6 Å². The second-order valence-electron chi connectivity index (χ2n) is 14.2. The van der Waals surface area contributed by atoms with Gasteiger partial charge in [0.05, 0.1) is 4.90 Å². The zero-order chi connectivity index (χ0) is 39.6. The highest BCUT2D eigenvalue weighted by Gasteiger charge is 2.31. The molecule has 6 nitrogen and oxygen atoms in total. The predicted octanol–water partition coefficient (Wildman–Crippen LogP) is 12.1. The Bertz CT molecular complexity index is 3370. The Morgan fingerprint density at radius 2 is 0.690 bits per heavy atom. The minimum absolute atomic E-state index is 0.0575. The summed E-state index contributed by atoms with van der Waals surface area (Å²) in [5, 5.41) is 6.08. The molecule has 8 heteroatoms. The van der Waals surface area contributed by atoms with Crippen molar-refractivity contribution in [3.63, 3.8) is 0 Å². The third kappa shape index (κ3) is 5.89. The predicted molar refractivity (Wildman–Crippen MR) is 232 cm³/mol. The zero-order valence-electron chi connectivity index (χ0n) is 30.7. The third-order valence-electron chi connectivity index (χ3n) is 10.9. The molecule has 0 aliphatic carbocycles. The molecule has 0 aliphatic heterocycles. The number of rotatable bonds is 7. The lowest BCUT2D eigenvalue weighted by molar-refractivity contribution is 0.465. The van der Waals surface area contributed by atoms with Crippen LogP contribution >= 0.6 is 0 Å². The van der Waals surface area contributed by atoms with Gasteiger partial charge in [0.2, 0.25) is 0 Å². The maximum atomic E-state index is 15.7. The molecule has 0 aromatic heterocycles. The van der Waals surface area contributed by atoms with Crippen LogP contribution in [-0.2, 0) is 20.2 Å². The third-order valence-corrected chi connectivity index (χ3v) is 13.1. The number of benzene rings is 10. The summed E-state index contributed by atoms with van der Waals surface area (Å²) in [5.41, 5.74) is 3.97. The first-order valence-corrected chi connectivity index (χ1v) is 21.5. The maximum Gasteiger partial charge on any atom is 0.340 e. The quantitative estimate of drug-likeness (QED) is 0.0905. The van der Waals surface area contributed by atoms with Gasteiger partial charge in [-0.05, 0) is 66.7 Å². The van der Waals surface area contributed by atoms with Gasteiger partial charge in [0.1, 0.15) is 15.0 Å². The average molecular weight is 792 g/mol. The van der Waals surface area contributed by atoms with Crippen LogP contribution in [0.15, 0.2) is 198 Å². The van der Waals surface area contributed by atoms with E-state index in [9.17, 15) is 13.0 Å². The zero-order valence-corrected chi connectivity index (χ0v) is 32.3. The van der Waals surface area contributed by atoms with E-state index >= 15 is 8.42 Å². The van der Waals surface area contributed by atoms with Crippen molar-refractivity contribution in [2.45, 2.75) is 9.79 Å². The smallest absolute Gasteiger partial charge is 0.340 e. The fraction of sp³-hybridized carbons (Fsp3) is 0. The molecule has 58 heavy (non-hydrogen) atoms. The maximum absolute atomic E-state index is 15.7. The van der Waals surface area contributed by atoms with Crippen LogP contribution in [0.3, 0.4) is 0 Å². The first-order valence-electron chi connectivity index (χ1n) is 18.6. The number of hydrogen-bond donors (Lipinski definition) is 0. The Labute approximate surface area is 335 Å². The van der Waals surface area contributed by atoms with Crippen molar-refractivity contribution in [3.05, 3.63) is 188 Å². The molecule has 10 aromatic rings. The van der Waals surface area contributed by atoms with Gasteiger partial charge in [-0.15, -0.1) is 0 Å². The van der Waals surface area contributed by atoms with Crippen LogP contribution < -0.4 is 4.18 Å². The monoisotopic (exact) mass is 791 g/mol. The van der Waals surface area contributed by atoms with Crippen LogP contribution in [0.1, 0.15) is 0 Å². The molecule has 0 heterocycles. The van der Waals surface area contributed by atoms with E-state index in [-0.39, 0.29) is 32.2 Å². The van der Waals surface area contributed by atoms with Crippen LogP contribution in [0.4, 0.5) is 0 Å². The highest BCUT2D eigenvalue weighted by molar-refractivity contribution is 7.87. The largest absolute Gasteiger partial charge is 0.744 e. The lowest BCUT2D eigenvalue weighted by Gasteiger charge is -2.22. The summed E-state index contributed by atoms with van der Waals surface area (Å²) in [6.07, 6.45) is 0. The van der Waals surface area contributed by atoms with Gasteiger partial charge in [-0.1, -0.05) is 176 Å². The van der Waals surface area contributed by atoms with Crippen LogP contribution in [0.2, 0.25) is 0 Å². The molecule has 0 radical (unpaired) electrons. The van der Waals surface area contributed by atoms with Crippen LogP contribution in [0.5, 0.6) is 5.75 Å². The lowest BCUT2D eigenvalue weighted by Crippen LogP contribution is -2.14. The van der Waals surface area contributed by atoms with Crippen LogP contribution in [-0.4, -0.2) is 21.4 Å². The highest BCUT2D eigenvalue weighted by Crippen LogP contribution is 2.47. The molecule has 0 saturated heterocycles. The van der Waals surface area contributed by atoms with E-state index in [0.29, 0.717) is 22.3 Å². The average Bonchev–Trinajstić information content (AvgIpc) is 3.24. The van der Waals surface area contributed by atoms with Crippen LogP contribution in [0, 0.1) is 0 Å². The van der Waals surface area contributed by atoms with Crippen molar-refractivity contribution >= 4 is 74.1 Å². The molecule has 0 N–H and O–H groups in total. The van der Waals surface area contributed by atoms with E-state index in [1.54, 1.807) is 36.4 Å². The normalized spacial score (nSPS) is 12.2. The van der Waals surface area contributed by atoms with Crippen LogP contribution in [0.25, 0.3) is 87.2 Å². The molecule has 0 atom stereocenters. The summed E-state index contributed by atoms with van der Waals surface area (Å²) in [7, 11) is -9.81. The van der Waals surface area contributed by atoms with Crippen molar-refractivity contribution in [2.75, 3.05) is 0 Å². The number of fused-ring (bicyclic) bond motifs is 5. The molecule has 280 valence electrons. The van der Waals surface area contributed by atoms with Crippen molar-refractivity contribution in [3.8, 4) is 39.1 Å². The van der Waals surface area contributed by atoms with Gasteiger partial charge in [0.25, 0.3) is 0 Å². The van der Waals surface area contributed by atoms with Gasteiger partial charge in [0.15, 0.2) is 5.75 Å². The highest BCUT2D eigenvalue weighted by atomic mass is 32.2. The van der Waals surface area contributed by atoms with E-state index in [0.717, 1.165) is 43.4 Å². The fourth-order valence-electron chi connectivity index (χ4n) is 8.41. The Morgan fingerprint density at radius 3 is 1.12 bits per heavy atom. The van der Waals surface area contributed by atoms with Gasteiger partial charge in [-0.25, -0.2) is 8.42 Å². The molecule has 10 aromatic carbocycles. The van der Waals surface area contributed by atoms with E-state index < -0.39 is 25.1 Å². The Kier molecular flexibility index (Phi) is 8.38. The SMILES string of the molecule is O=S(=O)([O-])c1c2ccccc2c(OS(=O)(=O)c2c(-c3cccc4ccccc34)cc(-c3cccc4ccccc34)cc2-c2cccc3ccccc23)c2ccccc12. The van der Waals surface area contributed by atoms with E-state index in [4.69, 9.17) is 4.18 Å². The van der Waals surface area contributed by atoms with Gasteiger partial charge >= 0.3 is 10.1 Å². The molecule has 10 rings (SSSR count). The molecule has 0 unspecified atom stereocenters. The Morgan fingerprint density at radius 1 is 0.345 bits per heavy atom.